The highest BCUT2D eigenvalue weighted by atomic mass is 16.1. The van der Waals surface area contributed by atoms with E-state index in [1.165, 1.54) is 0 Å². The minimum absolute atomic E-state index is 0.0430. The fourth-order valence-corrected chi connectivity index (χ4v) is 3.21. The Morgan fingerprint density at radius 1 is 0.963 bits per heavy atom. The zero-order chi connectivity index (χ0) is 18.6. The third-order valence-electron chi connectivity index (χ3n) is 4.56. The molecule has 1 unspecified atom stereocenters. The zero-order valence-corrected chi connectivity index (χ0v) is 14.5. The molecular formula is C23H17N3O. The van der Waals surface area contributed by atoms with Gasteiger partial charge in [-0.2, -0.15) is 5.26 Å². The molecule has 130 valence electrons. The average molecular weight is 351 g/mol. The monoisotopic (exact) mass is 351 g/mol. The molecule has 2 aromatic carbocycles. The molecule has 0 spiro atoms. The van der Waals surface area contributed by atoms with Gasteiger partial charge in [-0.05, 0) is 42.1 Å². The van der Waals surface area contributed by atoms with Crippen molar-refractivity contribution in [3.8, 4) is 22.9 Å². The van der Waals surface area contributed by atoms with E-state index in [0.29, 0.717) is 16.7 Å². The van der Waals surface area contributed by atoms with E-state index in [-0.39, 0.29) is 11.6 Å². The molecule has 0 radical (unpaired) electrons. The number of benzene rings is 2. The minimum atomic E-state index is -0.150. The summed E-state index contributed by atoms with van der Waals surface area (Å²) < 4.78 is 1.65. The number of allylic oxidation sites excluding steroid dienone is 2. The SMILES string of the molecule is N#Cc1ccccc1-c1cc(C2C=CC=CN2)cn(-c2ccccc2)c1=O. The van der Waals surface area contributed by atoms with Crippen molar-refractivity contribution in [3.05, 3.63) is 113 Å². The normalized spacial score (nSPS) is 15.1. The van der Waals surface area contributed by atoms with Gasteiger partial charge in [-0.3, -0.25) is 9.36 Å². The van der Waals surface area contributed by atoms with Crippen LogP contribution in [0.15, 0.2) is 96.1 Å². The van der Waals surface area contributed by atoms with Crippen LogP contribution in [0.4, 0.5) is 0 Å². The van der Waals surface area contributed by atoms with Crippen LogP contribution in [-0.4, -0.2) is 4.57 Å². The first-order chi connectivity index (χ1) is 13.3. The number of dihydropyridines is 1. The van der Waals surface area contributed by atoms with E-state index in [1.54, 1.807) is 16.7 Å². The Morgan fingerprint density at radius 3 is 2.48 bits per heavy atom. The van der Waals surface area contributed by atoms with Crippen LogP contribution in [0.5, 0.6) is 0 Å². The standard InChI is InChI=1S/C23H17N3O/c24-15-17-8-4-5-11-20(17)21-14-18(22-12-6-7-13-25-22)16-26(23(21)27)19-9-2-1-3-10-19/h1-14,16,22,25H. The fourth-order valence-electron chi connectivity index (χ4n) is 3.21. The average Bonchev–Trinajstić information content (AvgIpc) is 2.75. The van der Waals surface area contributed by atoms with E-state index in [9.17, 15) is 10.1 Å². The van der Waals surface area contributed by atoms with Crippen LogP contribution in [0, 0.1) is 11.3 Å². The van der Waals surface area contributed by atoms with Crippen molar-refractivity contribution in [2.24, 2.45) is 0 Å². The largest absolute Gasteiger partial charge is 0.381 e. The van der Waals surface area contributed by atoms with Gasteiger partial charge in [-0.15, -0.1) is 0 Å². The Labute approximate surface area is 157 Å². The number of aromatic nitrogens is 1. The first kappa shape index (κ1) is 16.6. The Hall–Kier alpha value is -3.84. The molecule has 0 fully saturated rings. The number of nitriles is 1. The molecule has 0 amide bonds. The predicted octanol–water partition coefficient (Wildman–Crippen LogP) is 4.09. The third kappa shape index (κ3) is 3.19. The number of pyridine rings is 1. The number of rotatable bonds is 3. The van der Waals surface area contributed by atoms with Crippen molar-refractivity contribution >= 4 is 0 Å². The lowest BCUT2D eigenvalue weighted by Gasteiger charge is -2.19. The highest BCUT2D eigenvalue weighted by Gasteiger charge is 2.17. The molecule has 27 heavy (non-hydrogen) atoms. The Balaban J connectivity index is 1.98. The minimum Gasteiger partial charge on any atom is -0.381 e. The van der Waals surface area contributed by atoms with Gasteiger partial charge >= 0.3 is 0 Å². The molecule has 0 aliphatic carbocycles. The van der Waals surface area contributed by atoms with E-state index in [2.05, 4.69) is 11.4 Å². The van der Waals surface area contributed by atoms with Gasteiger partial charge in [0.05, 0.1) is 17.7 Å². The summed E-state index contributed by atoms with van der Waals surface area (Å²) in [7, 11) is 0. The van der Waals surface area contributed by atoms with Gasteiger partial charge in [0.1, 0.15) is 0 Å². The lowest BCUT2D eigenvalue weighted by atomic mass is 9.97. The first-order valence-electron chi connectivity index (χ1n) is 8.69. The molecule has 0 saturated heterocycles. The summed E-state index contributed by atoms with van der Waals surface area (Å²) in [6, 6.07) is 20.7. The molecule has 4 nitrogen and oxygen atoms in total. The Kier molecular flexibility index (Phi) is 4.42. The molecule has 0 saturated carbocycles. The molecule has 4 rings (SSSR count). The fraction of sp³-hybridized carbons (Fsp3) is 0.0435. The summed E-state index contributed by atoms with van der Waals surface area (Å²) in [4.78, 5) is 13.3. The summed E-state index contributed by atoms with van der Waals surface area (Å²) in [5.41, 5.74) is 3.23. The van der Waals surface area contributed by atoms with Crippen LogP contribution in [0.25, 0.3) is 16.8 Å². The topological polar surface area (TPSA) is 57.8 Å². The summed E-state index contributed by atoms with van der Waals surface area (Å²) in [6.45, 7) is 0. The van der Waals surface area contributed by atoms with Crippen molar-refractivity contribution in [1.82, 2.24) is 9.88 Å². The molecule has 1 N–H and O–H groups in total. The van der Waals surface area contributed by atoms with E-state index in [1.807, 2.05) is 79.2 Å². The van der Waals surface area contributed by atoms with Crippen molar-refractivity contribution in [3.63, 3.8) is 0 Å². The second-order valence-electron chi connectivity index (χ2n) is 6.24. The van der Waals surface area contributed by atoms with Crippen LogP contribution >= 0.6 is 0 Å². The molecule has 1 aromatic heterocycles. The second-order valence-corrected chi connectivity index (χ2v) is 6.24. The number of nitrogens with one attached hydrogen (secondary N) is 1. The molecule has 4 heteroatoms. The van der Waals surface area contributed by atoms with Gasteiger partial charge in [-0.25, -0.2) is 0 Å². The van der Waals surface area contributed by atoms with Crippen molar-refractivity contribution < 1.29 is 0 Å². The van der Waals surface area contributed by atoms with Crippen molar-refractivity contribution in [2.75, 3.05) is 0 Å². The van der Waals surface area contributed by atoms with Crippen LogP contribution in [0.1, 0.15) is 17.2 Å². The number of nitrogens with zero attached hydrogens (tertiary/aromatic N) is 2. The van der Waals surface area contributed by atoms with Gasteiger partial charge < -0.3 is 5.32 Å². The van der Waals surface area contributed by atoms with Gasteiger partial charge in [0, 0.05) is 23.0 Å². The summed E-state index contributed by atoms with van der Waals surface area (Å²) in [5, 5.41) is 12.8. The lowest BCUT2D eigenvalue weighted by Crippen LogP contribution is -2.24. The van der Waals surface area contributed by atoms with E-state index >= 15 is 0 Å². The van der Waals surface area contributed by atoms with Gasteiger partial charge in [0.15, 0.2) is 0 Å². The first-order valence-corrected chi connectivity index (χ1v) is 8.69. The van der Waals surface area contributed by atoms with Crippen molar-refractivity contribution in [1.29, 1.82) is 5.26 Å². The van der Waals surface area contributed by atoms with Crippen molar-refractivity contribution in [2.45, 2.75) is 6.04 Å². The third-order valence-corrected chi connectivity index (χ3v) is 4.56. The molecular weight excluding hydrogens is 334 g/mol. The highest BCUT2D eigenvalue weighted by molar-refractivity contribution is 5.70. The van der Waals surface area contributed by atoms with Gasteiger partial charge in [0.2, 0.25) is 0 Å². The van der Waals surface area contributed by atoms with Crippen LogP contribution in [0.3, 0.4) is 0 Å². The maximum absolute atomic E-state index is 13.3. The maximum Gasteiger partial charge on any atom is 0.263 e. The van der Waals surface area contributed by atoms with E-state index < -0.39 is 0 Å². The van der Waals surface area contributed by atoms with Gasteiger partial charge in [-0.1, -0.05) is 48.6 Å². The maximum atomic E-state index is 13.3. The van der Waals surface area contributed by atoms with E-state index in [0.717, 1.165) is 11.3 Å². The molecule has 1 aliphatic rings. The zero-order valence-electron chi connectivity index (χ0n) is 14.5. The van der Waals surface area contributed by atoms with Gasteiger partial charge in [0.25, 0.3) is 5.56 Å². The Morgan fingerprint density at radius 2 is 1.74 bits per heavy atom. The summed E-state index contributed by atoms with van der Waals surface area (Å²) in [5.74, 6) is 0. The highest BCUT2D eigenvalue weighted by Crippen LogP contribution is 2.25. The van der Waals surface area contributed by atoms with Crippen LogP contribution in [0.2, 0.25) is 0 Å². The molecule has 0 bridgehead atoms. The van der Waals surface area contributed by atoms with E-state index in [4.69, 9.17) is 0 Å². The summed E-state index contributed by atoms with van der Waals surface area (Å²) in [6.07, 6.45) is 9.68. The molecule has 3 aromatic rings. The number of hydrogen-bond acceptors (Lipinski definition) is 3. The van der Waals surface area contributed by atoms with Crippen LogP contribution < -0.4 is 10.9 Å². The number of para-hydroxylation sites is 1. The molecule has 1 atom stereocenters. The molecule has 1 aliphatic heterocycles. The lowest BCUT2D eigenvalue weighted by molar-refractivity contribution is 0.735. The second kappa shape index (κ2) is 7.19. The predicted molar refractivity (Wildman–Crippen MR) is 106 cm³/mol. The smallest absolute Gasteiger partial charge is 0.263 e. The summed E-state index contributed by atoms with van der Waals surface area (Å²) >= 11 is 0. The Bertz CT molecular complexity index is 1130. The molecule has 2 heterocycles. The quantitative estimate of drug-likeness (QED) is 0.773. The number of hydrogen-bond donors (Lipinski definition) is 1. The van der Waals surface area contributed by atoms with Crippen LogP contribution in [-0.2, 0) is 0 Å².